The fourth-order valence-corrected chi connectivity index (χ4v) is 1.28. The lowest BCUT2D eigenvalue weighted by atomic mass is 10.1. The molecule has 70 valence electrons. The van der Waals surface area contributed by atoms with Gasteiger partial charge in [0.25, 0.3) is 0 Å². The zero-order valence-electron chi connectivity index (χ0n) is 6.64. The molecule has 0 aromatic carbocycles. The largest absolute Gasteiger partial charge is 0.481 e. The van der Waals surface area contributed by atoms with Crippen molar-refractivity contribution in [1.82, 2.24) is 4.98 Å². The summed E-state index contributed by atoms with van der Waals surface area (Å²) in [6.45, 7) is 0. The van der Waals surface area contributed by atoms with Crippen molar-refractivity contribution in [3.05, 3.63) is 28.5 Å². The van der Waals surface area contributed by atoms with Crippen LogP contribution in [0.1, 0.15) is 18.1 Å². The zero-order chi connectivity index (χ0) is 9.84. The summed E-state index contributed by atoms with van der Waals surface area (Å²) >= 11 is 3.18. The number of hydrogen-bond acceptors (Lipinski definition) is 3. The third-order valence-corrected chi connectivity index (χ3v) is 1.91. The number of aliphatic hydroxyl groups is 1. The maximum atomic E-state index is 10.3. The number of aliphatic hydroxyl groups excluding tert-OH is 1. The Morgan fingerprint density at radius 2 is 2.31 bits per heavy atom. The average molecular weight is 246 g/mol. The van der Waals surface area contributed by atoms with E-state index >= 15 is 0 Å². The zero-order valence-corrected chi connectivity index (χ0v) is 8.23. The molecule has 0 radical (unpaired) electrons. The van der Waals surface area contributed by atoms with Crippen LogP contribution in [-0.4, -0.2) is 21.2 Å². The molecule has 0 bridgehead atoms. The van der Waals surface area contributed by atoms with Crippen molar-refractivity contribution in [3.63, 3.8) is 0 Å². The van der Waals surface area contributed by atoms with Crippen molar-refractivity contribution in [2.75, 3.05) is 0 Å². The van der Waals surface area contributed by atoms with Gasteiger partial charge in [-0.1, -0.05) is 0 Å². The van der Waals surface area contributed by atoms with Crippen LogP contribution < -0.4 is 0 Å². The van der Waals surface area contributed by atoms with E-state index in [1.54, 1.807) is 12.3 Å². The van der Waals surface area contributed by atoms with Crippen LogP contribution in [-0.2, 0) is 4.79 Å². The van der Waals surface area contributed by atoms with E-state index in [2.05, 4.69) is 20.9 Å². The highest BCUT2D eigenvalue weighted by Crippen LogP contribution is 2.18. The van der Waals surface area contributed by atoms with E-state index in [1.165, 1.54) is 6.20 Å². The van der Waals surface area contributed by atoms with Crippen molar-refractivity contribution >= 4 is 21.9 Å². The van der Waals surface area contributed by atoms with Gasteiger partial charge in [-0.2, -0.15) is 0 Å². The first-order valence-corrected chi connectivity index (χ1v) is 4.39. The van der Waals surface area contributed by atoms with Crippen LogP contribution in [0, 0.1) is 0 Å². The molecule has 1 heterocycles. The van der Waals surface area contributed by atoms with Gasteiger partial charge in [0.1, 0.15) is 0 Å². The minimum absolute atomic E-state index is 0.307. The molecular formula is C8H8BrNO3. The molecule has 1 atom stereocenters. The summed E-state index contributed by atoms with van der Waals surface area (Å²) in [5.74, 6) is -1.03. The fourth-order valence-electron chi connectivity index (χ4n) is 0.894. The fraction of sp³-hybridized carbons (Fsp3) is 0.250. The van der Waals surface area contributed by atoms with Crippen molar-refractivity contribution in [3.8, 4) is 0 Å². The van der Waals surface area contributed by atoms with Gasteiger partial charge in [-0.15, -0.1) is 0 Å². The molecule has 1 rings (SSSR count). The van der Waals surface area contributed by atoms with Gasteiger partial charge in [-0.3, -0.25) is 9.78 Å². The van der Waals surface area contributed by atoms with E-state index in [0.29, 0.717) is 5.56 Å². The number of nitrogens with zero attached hydrogens (tertiary/aromatic N) is 1. The molecule has 5 heteroatoms. The van der Waals surface area contributed by atoms with E-state index < -0.39 is 12.1 Å². The van der Waals surface area contributed by atoms with Crippen LogP contribution in [0.3, 0.4) is 0 Å². The standard InChI is InChI=1S/C8H8BrNO3/c9-6-1-5(3-10-4-6)7(11)2-8(12)13/h1,3-4,7,11H,2H2,(H,12,13)/t7-/m1/s1. The van der Waals surface area contributed by atoms with Crippen LogP contribution in [0.15, 0.2) is 22.9 Å². The minimum Gasteiger partial charge on any atom is -0.481 e. The average Bonchev–Trinajstić information content (AvgIpc) is 2.03. The van der Waals surface area contributed by atoms with Crippen LogP contribution >= 0.6 is 15.9 Å². The quantitative estimate of drug-likeness (QED) is 0.844. The Bertz CT molecular complexity index is 316. The Kier molecular flexibility index (Phi) is 3.39. The molecule has 0 unspecified atom stereocenters. The van der Waals surface area contributed by atoms with Gasteiger partial charge in [0.15, 0.2) is 0 Å². The lowest BCUT2D eigenvalue weighted by molar-refractivity contribution is -0.139. The second-order valence-electron chi connectivity index (χ2n) is 2.55. The van der Waals surface area contributed by atoms with Gasteiger partial charge in [-0.05, 0) is 22.0 Å². The van der Waals surface area contributed by atoms with Gasteiger partial charge in [0, 0.05) is 22.4 Å². The number of carboxylic acid groups (broad SMARTS) is 1. The molecule has 1 aromatic heterocycles. The predicted octanol–water partition coefficient (Wildman–Crippen LogP) is 1.35. The van der Waals surface area contributed by atoms with Crippen LogP contribution in [0.2, 0.25) is 0 Å². The van der Waals surface area contributed by atoms with Crippen LogP contribution in [0.25, 0.3) is 0 Å². The van der Waals surface area contributed by atoms with Gasteiger partial charge in [-0.25, -0.2) is 0 Å². The van der Waals surface area contributed by atoms with Gasteiger partial charge < -0.3 is 10.2 Å². The molecule has 0 spiro atoms. The van der Waals surface area contributed by atoms with Crippen LogP contribution in [0.5, 0.6) is 0 Å². The molecule has 4 nitrogen and oxygen atoms in total. The topological polar surface area (TPSA) is 70.4 Å². The SMILES string of the molecule is O=C(O)C[C@@H](O)c1cncc(Br)c1. The molecule has 0 fully saturated rings. The maximum Gasteiger partial charge on any atom is 0.306 e. The van der Waals surface area contributed by atoms with E-state index in [1.807, 2.05) is 0 Å². The Morgan fingerprint density at radius 1 is 1.62 bits per heavy atom. The van der Waals surface area contributed by atoms with Crippen molar-refractivity contribution in [1.29, 1.82) is 0 Å². The Morgan fingerprint density at radius 3 is 2.85 bits per heavy atom. The number of aromatic nitrogens is 1. The first-order valence-electron chi connectivity index (χ1n) is 3.60. The Balaban J connectivity index is 2.76. The number of rotatable bonds is 3. The normalized spacial score (nSPS) is 12.5. The minimum atomic E-state index is -1.03. The molecule has 0 saturated heterocycles. The number of aliphatic carboxylic acids is 1. The second-order valence-corrected chi connectivity index (χ2v) is 3.47. The molecule has 0 aliphatic heterocycles. The highest BCUT2D eigenvalue weighted by atomic mass is 79.9. The van der Waals surface area contributed by atoms with Gasteiger partial charge >= 0.3 is 5.97 Å². The highest BCUT2D eigenvalue weighted by Gasteiger charge is 2.12. The third-order valence-electron chi connectivity index (χ3n) is 1.48. The number of carboxylic acids is 1. The number of hydrogen-bond donors (Lipinski definition) is 2. The maximum absolute atomic E-state index is 10.3. The van der Waals surface area contributed by atoms with E-state index in [4.69, 9.17) is 5.11 Å². The third kappa shape index (κ3) is 3.12. The number of carbonyl (C=O) groups is 1. The smallest absolute Gasteiger partial charge is 0.306 e. The molecule has 0 aliphatic rings. The summed E-state index contributed by atoms with van der Waals surface area (Å²) in [5, 5.41) is 17.8. The summed E-state index contributed by atoms with van der Waals surface area (Å²) in [4.78, 5) is 14.1. The van der Waals surface area contributed by atoms with E-state index in [9.17, 15) is 9.90 Å². The van der Waals surface area contributed by atoms with E-state index in [-0.39, 0.29) is 6.42 Å². The Labute approximate surface area is 83.4 Å². The summed E-state index contributed by atoms with van der Waals surface area (Å²) in [6.07, 6.45) is 1.70. The van der Waals surface area contributed by atoms with Crippen molar-refractivity contribution in [2.45, 2.75) is 12.5 Å². The molecule has 2 N–H and O–H groups in total. The summed E-state index contributed by atoms with van der Waals surface area (Å²) < 4.78 is 0.717. The highest BCUT2D eigenvalue weighted by molar-refractivity contribution is 9.10. The lowest BCUT2D eigenvalue weighted by Gasteiger charge is -2.07. The second kappa shape index (κ2) is 4.34. The van der Waals surface area contributed by atoms with Gasteiger partial charge in [0.05, 0.1) is 12.5 Å². The van der Waals surface area contributed by atoms with E-state index in [0.717, 1.165) is 4.47 Å². The molecular weight excluding hydrogens is 238 g/mol. The van der Waals surface area contributed by atoms with Gasteiger partial charge in [0.2, 0.25) is 0 Å². The van der Waals surface area contributed by atoms with Crippen LogP contribution in [0.4, 0.5) is 0 Å². The molecule has 0 aliphatic carbocycles. The monoisotopic (exact) mass is 245 g/mol. The lowest BCUT2D eigenvalue weighted by Crippen LogP contribution is -2.05. The summed E-state index contributed by atoms with van der Waals surface area (Å²) in [7, 11) is 0. The summed E-state index contributed by atoms with van der Waals surface area (Å²) in [5.41, 5.74) is 0.497. The summed E-state index contributed by atoms with van der Waals surface area (Å²) in [6, 6.07) is 1.64. The number of pyridine rings is 1. The first-order chi connectivity index (χ1) is 6.09. The van der Waals surface area contributed by atoms with Crippen molar-refractivity contribution in [2.24, 2.45) is 0 Å². The molecule has 0 saturated carbocycles. The predicted molar refractivity (Wildman–Crippen MR) is 49.1 cm³/mol. The number of halogens is 1. The molecule has 0 amide bonds. The molecule has 1 aromatic rings. The first kappa shape index (κ1) is 10.1. The van der Waals surface area contributed by atoms with Crippen molar-refractivity contribution < 1.29 is 15.0 Å². The molecule has 13 heavy (non-hydrogen) atoms. The Hall–Kier alpha value is -0.940.